The fraction of sp³-hybridized carbons (Fsp3) is 0.649. The highest BCUT2D eigenvalue weighted by molar-refractivity contribution is 5.95. The third-order valence-corrected chi connectivity index (χ3v) is 10.5. The van der Waals surface area contributed by atoms with E-state index in [9.17, 15) is 14.4 Å². The average molecular weight is 645 g/mol. The van der Waals surface area contributed by atoms with E-state index in [2.05, 4.69) is 49.5 Å². The van der Waals surface area contributed by atoms with Gasteiger partial charge in [0.15, 0.2) is 12.3 Å². The Labute approximate surface area is 279 Å². The molecular weight excluding hydrogens is 592 g/mol. The molecule has 6 rings (SSSR count). The van der Waals surface area contributed by atoms with E-state index < -0.39 is 18.3 Å². The van der Waals surface area contributed by atoms with E-state index in [4.69, 9.17) is 4.84 Å². The lowest BCUT2D eigenvalue weighted by molar-refractivity contribution is -0.276. The Kier molecular flexibility index (Phi) is 9.99. The molecule has 1 aliphatic carbocycles. The number of hydroxylamine groups is 2. The third-order valence-electron chi connectivity index (χ3n) is 10.5. The molecule has 4 fully saturated rings. The number of benzene rings is 1. The number of fused-ring (bicyclic) bond motifs is 2. The number of carbonyl (C=O) groups is 3. The van der Waals surface area contributed by atoms with Crippen LogP contribution in [0.2, 0.25) is 0 Å². The van der Waals surface area contributed by atoms with Crippen molar-refractivity contribution in [2.24, 2.45) is 11.3 Å². The molecular formula is C37H52N6O4. The summed E-state index contributed by atoms with van der Waals surface area (Å²) in [7, 11) is 0. The van der Waals surface area contributed by atoms with Crippen LogP contribution in [-0.4, -0.2) is 97.5 Å². The highest BCUT2D eigenvalue weighted by Gasteiger charge is 2.54. The van der Waals surface area contributed by atoms with Gasteiger partial charge in [-0.3, -0.25) is 24.2 Å². The number of hydrogen-bond donors (Lipinski definition) is 0. The predicted molar refractivity (Wildman–Crippen MR) is 181 cm³/mol. The van der Waals surface area contributed by atoms with E-state index in [-0.39, 0.29) is 35.7 Å². The largest absolute Gasteiger partial charge is 0.334 e. The summed E-state index contributed by atoms with van der Waals surface area (Å²) in [6.07, 6.45) is 11.7. The monoisotopic (exact) mass is 644 g/mol. The molecule has 4 aliphatic rings. The zero-order valence-corrected chi connectivity index (χ0v) is 28.8. The highest BCUT2D eigenvalue weighted by atomic mass is 16.7. The topological polar surface area (TPSA) is 99.2 Å². The van der Waals surface area contributed by atoms with Gasteiger partial charge in [0.25, 0.3) is 11.8 Å². The second kappa shape index (κ2) is 14.0. The molecule has 0 N–H and O–H groups in total. The fourth-order valence-electron chi connectivity index (χ4n) is 7.94. The van der Waals surface area contributed by atoms with Crippen molar-refractivity contribution in [2.45, 2.75) is 123 Å². The summed E-state index contributed by atoms with van der Waals surface area (Å²) in [5, 5.41) is 1.40. The molecule has 1 saturated carbocycles. The number of hydrogen-bond acceptors (Lipinski definition) is 7. The lowest BCUT2D eigenvalue weighted by atomic mass is 9.83. The van der Waals surface area contributed by atoms with Crippen molar-refractivity contribution < 1.29 is 19.2 Å². The zero-order valence-electron chi connectivity index (χ0n) is 28.8. The van der Waals surface area contributed by atoms with Crippen LogP contribution < -0.4 is 0 Å². The van der Waals surface area contributed by atoms with Crippen molar-refractivity contribution in [2.75, 3.05) is 19.6 Å². The van der Waals surface area contributed by atoms with Crippen LogP contribution >= 0.6 is 0 Å². The maximum absolute atomic E-state index is 14.5. The van der Waals surface area contributed by atoms with E-state index in [0.29, 0.717) is 30.5 Å². The van der Waals surface area contributed by atoms with E-state index in [1.807, 2.05) is 29.2 Å². The van der Waals surface area contributed by atoms with Gasteiger partial charge in [-0.25, -0.2) is 4.98 Å². The van der Waals surface area contributed by atoms with Gasteiger partial charge >= 0.3 is 0 Å². The molecule has 10 heteroatoms. The first kappa shape index (κ1) is 33.5. The molecule has 254 valence electrons. The zero-order chi connectivity index (χ0) is 33.3. The van der Waals surface area contributed by atoms with Gasteiger partial charge < -0.3 is 14.7 Å². The number of piperazine rings is 1. The number of rotatable bonds is 7. The maximum Gasteiger partial charge on any atom is 0.272 e. The van der Waals surface area contributed by atoms with Crippen molar-refractivity contribution in [3.05, 3.63) is 42.2 Å². The number of piperidine rings is 1. The average Bonchev–Trinajstić information content (AvgIpc) is 3.05. The Morgan fingerprint density at radius 3 is 2.38 bits per heavy atom. The minimum absolute atomic E-state index is 0.000201. The molecule has 0 spiro atoms. The van der Waals surface area contributed by atoms with Gasteiger partial charge in [0, 0.05) is 31.2 Å². The fourth-order valence-corrected chi connectivity index (χ4v) is 7.94. The number of likely N-dealkylation sites (tertiary alicyclic amines) is 1. The quantitative estimate of drug-likeness (QED) is 0.371. The van der Waals surface area contributed by atoms with E-state index in [1.54, 1.807) is 17.2 Å². The van der Waals surface area contributed by atoms with Crippen molar-refractivity contribution >= 4 is 34.8 Å². The molecule has 3 amide bonds. The van der Waals surface area contributed by atoms with Crippen LogP contribution in [0, 0.1) is 11.3 Å². The third kappa shape index (κ3) is 7.54. The Morgan fingerprint density at radius 1 is 1.00 bits per heavy atom. The van der Waals surface area contributed by atoms with Crippen LogP contribution in [0.5, 0.6) is 0 Å². The minimum Gasteiger partial charge on any atom is -0.334 e. The molecule has 1 aromatic heterocycles. The number of para-hydroxylation sites is 2. The lowest BCUT2D eigenvalue weighted by Gasteiger charge is -2.55. The van der Waals surface area contributed by atoms with Gasteiger partial charge in [-0.05, 0) is 69.1 Å². The van der Waals surface area contributed by atoms with Gasteiger partial charge in [-0.1, -0.05) is 65.0 Å². The van der Waals surface area contributed by atoms with E-state index in [0.717, 1.165) is 62.6 Å². The number of carbonyl (C=O) groups excluding carboxylic acids is 3. The Balaban J connectivity index is 1.32. The Bertz CT molecular complexity index is 1470. The van der Waals surface area contributed by atoms with Crippen LogP contribution in [0.4, 0.5) is 0 Å². The summed E-state index contributed by atoms with van der Waals surface area (Å²) in [6.45, 7) is 12.8. The molecule has 10 nitrogen and oxygen atoms in total. The van der Waals surface area contributed by atoms with Crippen LogP contribution in [0.1, 0.15) is 98.1 Å². The summed E-state index contributed by atoms with van der Waals surface area (Å²) < 4.78 is 0. The SMILES string of the molecule is CC(C)N1CCC(N2C[C@@H]3N(C(=O)/C=C/c4cnc5ccccc5n4)O[C@H](CC4CCCCC4)C(=O)N3[C@@H](CC(C)(C)C)C2=O)CC1. The molecule has 3 saturated heterocycles. The molecule has 1 aromatic carbocycles. The predicted octanol–water partition coefficient (Wildman–Crippen LogP) is 5.43. The second-order valence-corrected chi connectivity index (χ2v) is 15.5. The van der Waals surface area contributed by atoms with Crippen molar-refractivity contribution in [1.29, 1.82) is 0 Å². The Morgan fingerprint density at radius 2 is 1.70 bits per heavy atom. The van der Waals surface area contributed by atoms with Crippen LogP contribution in [0.25, 0.3) is 17.1 Å². The molecule has 3 aliphatic heterocycles. The van der Waals surface area contributed by atoms with Gasteiger partial charge in [0.1, 0.15) is 6.04 Å². The van der Waals surface area contributed by atoms with Gasteiger partial charge in [0.2, 0.25) is 5.91 Å². The molecule has 2 aromatic rings. The van der Waals surface area contributed by atoms with Crippen molar-refractivity contribution in [3.63, 3.8) is 0 Å². The van der Waals surface area contributed by atoms with Crippen LogP contribution in [0.15, 0.2) is 36.5 Å². The Hall–Kier alpha value is -3.37. The summed E-state index contributed by atoms with van der Waals surface area (Å²) in [6, 6.07) is 7.46. The first-order valence-electron chi connectivity index (χ1n) is 17.7. The highest BCUT2D eigenvalue weighted by Crippen LogP contribution is 2.38. The van der Waals surface area contributed by atoms with Gasteiger partial charge in [-0.15, -0.1) is 0 Å². The van der Waals surface area contributed by atoms with E-state index >= 15 is 0 Å². The van der Waals surface area contributed by atoms with Crippen LogP contribution in [0.3, 0.4) is 0 Å². The molecule has 4 heterocycles. The summed E-state index contributed by atoms with van der Waals surface area (Å²) in [5.41, 5.74) is 1.88. The number of aromatic nitrogens is 2. The maximum atomic E-state index is 14.5. The van der Waals surface area contributed by atoms with Crippen molar-refractivity contribution in [1.82, 2.24) is 29.7 Å². The smallest absolute Gasteiger partial charge is 0.272 e. The first-order valence-corrected chi connectivity index (χ1v) is 17.7. The minimum atomic E-state index is -0.803. The van der Waals surface area contributed by atoms with E-state index in [1.165, 1.54) is 17.6 Å². The van der Waals surface area contributed by atoms with Crippen molar-refractivity contribution in [3.8, 4) is 0 Å². The number of amides is 3. The summed E-state index contributed by atoms with van der Waals surface area (Å²) in [4.78, 5) is 64.7. The van der Waals surface area contributed by atoms with Gasteiger partial charge in [-0.2, -0.15) is 5.06 Å². The van der Waals surface area contributed by atoms with Crippen LogP contribution in [-0.2, 0) is 19.2 Å². The first-order chi connectivity index (χ1) is 22.5. The summed E-state index contributed by atoms with van der Waals surface area (Å²) >= 11 is 0. The number of nitrogens with zero attached hydrogens (tertiary/aromatic N) is 6. The normalized spacial score (nSPS) is 25.7. The second-order valence-electron chi connectivity index (χ2n) is 15.5. The standard InChI is InChI=1S/C37H52N6O4/c1-25(2)40-19-17-28(18-20-40)41-24-33-42(31(35(41)45)22-37(3,4)5)36(46)32(21-26-11-7-6-8-12-26)47-43(33)34(44)16-15-27-23-38-29-13-9-10-14-30(29)39-27/h9-10,13-16,23,25-26,28,31-33H,6-8,11-12,17-22,24H2,1-5H3/b16-15+/t31-,32+,33-/m0/s1. The molecule has 47 heavy (non-hydrogen) atoms. The lowest BCUT2D eigenvalue weighted by Crippen LogP contribution is -2.74. The summed E-state index contributed by atoms with van der Waals surface area (Å²) in [5.74, 6) is -0.167. The molecule has 0 bridgehead atoms. The molecule has 0 unspecified atom stereocenters. The molecule has 3 atom stereocenters. The molecule has 0 radical (unpaired) electrons. The van der Waals surface area contributed by atoms with Gasteiger partial charge in [0.05, 0.1) is 29.5 Å².